The molecule has 5 aromatic heterocycles. The van der Waals surface area contributed by atoms with Crippen LogP contribution in [0.2, 0.25) is 0 Å². The summed E-state index contributed by atoms with van der Waals surface area (Å²) in [6.07, 6.45) is 19.6. The maximum absolute atomic E-state index is 9.59. The van der Waals surface area contributed by atoms with Crippen molar-refractivity contribution in [1.82, 2.24) is 0 Å². The second-order valence-corrected chi connectivity index (χ2v) is 20.8. The Hall–Kier alpha value is -4.46. The molecule has 0 saturated heterocycles. The van der Waals surface area contributed by atoms with Crippen LogP contribution >= 0.6 is 56.7 Å². The van der Waals surface area contributed by atoms with Crippen LogP contribution in [0, 0.1) is 45.3 Å². The van der Waals surface area contributed by atoms with E-state index in [-0.39, 0.29) is 22.0 Å². The summed E-state index contributed by atoms with van der Waals surface area (Å²) in [5.74, 6) is 1.69. The van der Waals surface area contributed by atoms with E-state index in [0.29, 0.717) is 13.2 Å². The minimum Gasteiger partial charge on any atom is -0.492 e. The number of nitrogens with zero attached hydrogens (tertiary/aromatic N) is 4. The predicted molar refractivity (Wildman–Crippen MR) is 237 cm³/mol. The van der Waals surface area contributed by atoms with E-state index in [1.165, 1.54) is 73.0 Å². The summed E-state index contributed by atoms with van der Waals surface area (Å²) in [5, 5.41) is 38.1. The molecular weight excluding hydrogens is 801 g/mol. The summed E-state index contributed by atoms with van der Waals surface area (Å²) >= 11 is 9.12. The number of hydrogen-bond acceptors (Lipinski definition) is 11. The van der Waals surface area contributed by atoms with Crippen molar-refractivity contribution in [1.29, 1.82) is 21.0 Å². The number of nitriles is 4. The molecule has 11 heteroatoms. The van der Waals surface area contributed by atoms with E-state index in [1.54, 1.807) is 51.5 Å². The summed E-state index contributed by atoms with van der Waals surface area (Å²) in [6.45, 7) is 5.45. The summed E-state index contributed by atoms with van der Waals surface area (Å²) in [6, 6.07) is 14.5. The molecule has 0 bridgehead atoms. The van der Waals surface area contributed by atoms with Gasteiger partial charge in [-0.2, -0.15) is 21.0 Å². The van der Waals surface area contributed by atoms with Gasteiger partial charge in [0, 0.05) is 40.6 Å². The monoisotopic (exact) mass is 840 g/mol. The SMILES string of the molecule is CCCOc1cc(C=C(C#N)C#N)sc1C1=Cc2sc3c(c2C12CCCCC2)C1(CCCCC1)c1c-3sc2cc(-c3sc(C=C(C#N)C#N)cc3OCCC)sc12. The van der Waals surface area contributed by atoms with Crippen molar-refractivity contribution in [3.63, 3.8) is 0 Å². The highest BCUT2D eigenvalue weighted by Gasteiger charge is 2.56. The molecule has 5 aromatic rings. The van der Waals surface area contributed by atoms with E-state index in [9.17, 15) is 21.0 Å². The van der Waals surface area contributed by atoms with Crippen LogP contribution in [0.1, 0.15) is 127 Å². The normalized spacial score (nSPS) is 16.8. The first kappa shape index (κ1) is 38.1. The van der Waals surface area contributed by atoms with Crippen LogP contribution in [0.15, 0.2) is 29.3 Å². The number of allylic oxidation sites excluding steroid dienone is 3. The largest absolute Gasteiger partial charge is 0.492 e. The van der Waals surface area contributed by atoms with Crippen molar-refractivity contribution >= 4 is 89.9 Å². The van der Waals surface area contributed by atoms with E-state index in [4.69, 9.17) is 9.47 Å². The maximum atomic E-state index is 9.59. The van der Waals surface area contributed by atoms with Gasteiger partial charge in [-0.3, -0.25) is 0 Å². The lowest BCUT2D eigenvalue weighted by Gasteiger charge is -2.42. The van der Waals surface area contributed by atoms with E-state index in [0.717, 1.165) is 69.5 Å². The third-order valence-electron chi connectivity index (χ3n) is 12.0. The van der Waals surface area contributed by atoms with Crippen LogP contribution in [-0.2, 0) is 10.8 Å². The average Bonchev–Trinajstić information content (AvgIpc) is 4.10. The zero-order chi connectivity index (χ0) is 39.3. The highest BCUT2D eigenvalue weighted by Crippen LogP contribution is 2.70. The van der Waals surface area contributed by atoms with Crippen LogP contribution in [0.5, 0.6) is 11.5 Å². The van der Waals surface area contributed by atoms with Crippen molar-refractivity contribution in [2.45, 2.75) is 102 Å². The lowest BCUT2D eigenvalue weighted by molar-refractivity contribution is 0.315. The fourth-order valence-corrected chi connectivity index (χ4v) is 16.5. The van der Waals surface area contributed by atoms with E-state index in [2.05, 4.69) is 26.0 Å². The van der Waals surface area contributed by atoms with Crippen LogP contribution < -0.4 is 9.47 Å². The molecule has 6 nitrogen and oxygen atoms in total. The highest BCUT2D eigenvalue weighted by molar-refractivity contribution is 7.34. The maximum Gasteiger partial charge on any atom is 0.139 e. The Balaban J connectivity index is 1.20. The molecule has 9 rings (SSSR count). The molecule has 0 aliphatic heterocycles. The number of fused-ring (bicyclic) bond motifs is 10. The molecule has 2 fully saturated rings. The Bertz CT molecular complexity index is 2650. The lowest BCUT2D eigenvalue weighted by Crippen LogP contribution is -2.34. The van der Waals surface area contributed by atoms with Gasteiger partial charge in [0.1, 0.15) is 46.9 Å². The minimum absolute atomic E-state index is 0.0279. The molecule has 4 aliphatic carbocycles. The van der Waals surface area contributed by atoms with Gasteiger partial charge in [0.25, 0.3) is 0 Å². The van der Waals surface area contributed by atoms with E-state index >= 15 is 0 Å². The van der Waals surface area contributed by atoms with Crippen LogP contribution in [-0.4, -0.2) is 13.2 Å². The van der Waals surface area contributed by atoms with E-state index in [1.807, 2.05) is 70.4 Å². The Morgan fingerprint density at radius 3 is 1.74 bits per heavy atom. The van der Waals surface area contributed by atoms with Crippen LogP contribution in [0.4, 0.5) is 0 Å². The Kier molecular flexibility index (Phi) is 10.3. The summed E-state index contributed by atoms with van der Waals surface area (Å²) in [7, 11) is 0. The van der Waals surface area contributed by atoms with Gasteiger partial charge in [-0.05, 0) is 91.7 Å². The molecule has 2 saturated carbocycles. The number of hydrogen-bond donors (Lipinski definition) is 0. The fourth-order valence-electron chi connectivity index (χ4n) is 9.77. The second-order valence-electron chi connectivity index (χ2n) is 15.4. The molecule has 4 aliphatic rings. The van der Waals surface area contributed by atoms with Crippen molar-refractivity contribution in [2.75, 3.05) is 13.2 Å². The number of ether oxygens (including phenoxy) is 2. The zero-order valence-corrected chi connectivity index (χ0v) is 36.1. The summed E-state index contributed by atoms with van der Waals surface area (Å²) < 4.78 is 15.5. The highest BCUT2D eigenvalue weighted by atomic mass is 32.1. The quantitative estimate of drug-likeness (QED) is 0.129. The van der Waals surface area contributed by atoms with Gasteiger partial charge in [0.2, 0.25) is 0 Å². The molecule has 0 amide bonds. The lowest BCUT2D eigenvalue weighted by atomic mass is 9.61. The molecule has 0 N–H and O–H groups in total. The molecule has 286 valence electrons. The van der Waals surface area contributed by atoms with Crippen LogP contribution in [0.25, 0.3) is 52.7 Å². The second kappa shape index (κ2) is 15.4. The van der Waals surface area contributed by atoms with Crippen molar-refractivity contribution < 1.29 is 9.47 Å². The molecule has 2 spiro atoms. The summed E-state index contributed by atoms with van der Waals surface area (Å²) in [4.78, 5) is 9.52. The zero-order valence-electron chi connectivity index (χ0n) is 32.0. The first-order valence-corrected chi connectivity index (χ1v) is 24.0. The molecular formula is C46H40N4O2S5. The fraction of sp³-hybridized carbons (Fsp3) is 0.391. The first-order valence-electron chi connectivity index (χ1n) is 20.0. The molecule has 57 heavy (non-hydrogen) atoms. The topological polar surface area (TPSA) is 114 Å². The summed E-state index contributed by atoms with van der Waals surface area (Å²) in [5.41, 5.74) is 6.21. The molecule has 0 atom stereocenters. The Morgan fingerprint density at radius 2 is 1.16 bits per heavy atom. The third-order valence-corrected chi connectivity index (χ3v) is 18.1. The Labute approximate surface area is 353 Å². The predicted octanol–water partition coefficient (Wildman–Crippen LogP) is 14.2. The van der Waals surface area contributed by atoms with E-state index < -0.39 is 0 Å². The Morgan fingerprint density at radius 1 is 0.614 bits per heavy atom. The smallest absolute Gasteiger partial charge is 0.139 e. The molecule has 0 unspecified atom stereocenters. The van der Waals surface area contributed by atoms with Gasteiger partial charge in [-0.15, -0.1) is 56.7 Å². The molecule has 0 radical (unpaired) electrons. The standard InChI is InChI=1S/C46H40N4O2S5/c1-3-15-51-32-19-29(17-27(23-47)24-48)53-40(32)31-21-34-37(45(31)11-7-5-8-12-45)38-43(55-34)44-39(46(38)13-9-6-10-14-46)42-36(57-44)22-35(56-42)41-33(52-16-4-2)20-30(54-41)18-28(25-49)26-50/h17-22H,3-16H2,1-2H3. The number of thiophene rings is 5. The molecule has 5 heterocycles. The van der Waals surface area contributed by atoms with Gasteiger partial charge in [-0.25, -0.2) is 0 Å². The van der Waals surface area contributed by atoms with Crippen molar-refractivity contribution in [2.24, 2.45) is 0 Å². The number of rotatable bonds is 10. The molecule has 0 aromatic carbocycles. The van der Waals surface area contributed by atoms with Gasteiger partial charge in [0.15, 0.2) is 0 Å². The average molecular weight is 841 g/mol. The first-order chi connectivity index (χ1) is 27.9. The van der Waals surface area contributed by atoms with Crippen molar-refractivity contribution in [3.05, 3.63) is 65.5 Å². The van der Waals surface area contributed by atoms with Gasteiger partial charge < -0.3 is 9.47 Å². The van der Waals surface area contributed by atoms with Gasteiger partial charge >= 0.3 is 0 Å². The third kappa shape index (κ3) is 6.14. The van der Waals surface area contributed by atoms with Crippen LogP contribution in [0.3, 0.4) is 0 Å². The van der Waals surface area contributed by atoms with Gasteiger partial charge in [0.05, 0.1) is 37.4 Å². The van der Waals surface area contributed by atoms with Crippen molar-refractivity contribution in [3.8, 4) is 55.3 Å². The van der Waals surface area contributed by atoms with Gasteiger partial charge in [-0.1, -0.05) is 52.4 Å². The minimum atomic E-state index is -0.0997.